The summed E-state index contributed by atoms with van der Waals surface area (Å²) in [5, 5.41) is 17.0. The first kappa shape index (κ1) is 21.4. The van der Waals surface area contributed by atoms with Crippen molar-refractivity contribution >= 4 is 46.7 Å². The third-order valence-electron chi connectivity index (χ3n) is 4.48. The van der Waals surface area contributed by atoms with Crippen molar-refractivity contribution in [3.05, 3.63) is 82.2 Å². The minimum atomic E-state index is -0.174. The highest BCUT2D eigenvalue weighted by atomic mass is 35.5. The lowest BCUT2D eigenvalue weighted by Gasteiger charge is -2.11. The Morgan fingerprint density at radius 3 is 2.71 bits per heavy atom. The molecule has 0 fully saturated rings. The summed E-state index contributed by atoms with van der Waals surface area (Å²) in [5.41, 5.74) is 2.96. The molecule has 2 aromatic carbocycles. The number of carbonyl (C=O) groups excluding carboxylic acids is 1. The summed E-state index contributed by atoms with van der Waals surface area (Å²) in [6.07, 6.45) is 3.26. The van der Waals surface area contributed by atoms with E-state index < -0.39 is 0 Å². The maximum absolute atomic E-state index is 12.5. The van der Waals surface area contributed by atoms with Crippen molar-refractivity contribution in [2.75, 3.05) is 11.1 Å². The highest BCUT2D eigenvalue weighted by Gasteiger charge is 2.13. The van der Waals surface area contributed by atoms with Crippen LogP contribution in [0.3, 0.4) is 0 Å². The molecule has 1 N–H and O–H groups in total. The number of aromatic nitrogens is 5. The zero-order chi connectivity index (χ0) is 21.8. The van der Waals surface area contributed by atoms with Crippen LogP contribution < -0.4 is 5.32 Å². The second kappa shape index (κ2) is 9.55. The molecule has 2 aromatic heterocycles. The van der Waals surface area contributed by atoms with E-state index in [1.54, 1.807) is 35.4 Å². The summed E-state index contributed by atoms with van der Waals surface area (Å²) >= 11 is 13.5. The standard InChI is InChI=1S/C21H18Cl2N6OS/c1-14-2-6-17(7-3-14)28-13-24-27-21(28)31-12-20(30)26-19-8-9-25-29(19)11-15-4-5-16(22)10-18(15)23/h2-10,13H,11-12H2,1H3,(H,26,30). The van der Waals surface area contributed by atoms with E-state index in [4.69, 9.17) is 23.2 Å². The molecular formula is C21H18Cl2N6OS. The second-order valence-electron chi connectivity index (χ2n) is 6.77. The average Bonchev–Trinajstić information content (AvgIpc) is 3.39. The maximum atomic E-state index is 12.5. The summed E-state index contributed by atoms with van der Waals surface area (Å²) in [6, 6.07) is 15.0. The summed E-state index contributed by atoms with van der Waals surface area (Å²) in [5.74, 6) is 0.585. The Morgan fingerprint density at radius 1 is 1.13 bits per heavy atom. The number of halogens is 2. The Balaban J connectivity index is 1.39. The van der Waals surface area contributed by atoms with Gasteiger partial charge in [0, 0.05) is 21.8 Å². The van der Waals surface area contributed by atoms with Crippen LogP contribution in [0.15, 0.2) is 66.2 Å². The van der Waals surface area contributed by atoms with E-state index in [0.29, 0.717) is 27.6 Å². The fourth-order valence-corrected chi connectivity index (χ4v) is 4.09. The monoisotopic (exact) mass is 472 g/mol. The first-order valence-corrected chi connectivity index (χ1v) is 11.1. The molecule has 0 radical (unpaired) electrons. The van der Waals surface area contributed by atoms with Crippen LogP contribution in [0.5, 0.6) is 0 Å². The van der Waals surface area contributed by atoms with Gasteiger partial charge in [-0.25, -0.2) is 4.68 Å². The lowest BCUT2D eigenvalue weighted by Crippen LogP contribution is -2.18. The number of hydrogen-bond donors (Lipinski definition) is 1. The van der Waals surface area contributed by atoms with Crippen molar-refractivity contribution in [2.45, 2.75) is 18.6 Å². The number of benzene rings is 2. The van der Waals surface area contributed by atoms with Crippen LogP contribution >= 0.6 is 35.0 Å². The van der Waals surface area contributed by atoms with Crippen LogP contribution in [0.4, 0.5) is 5.82 Å². The molecule has 1 amide bonds. The third kappa shape index (κ3) is 5.28. The molecule has 0 aliphatic heterocycles. The molecule has 0 saturated heterocycles. The topological polar surface area (TPSA) is 77.6 Å². The molecule has 0 aliphatic rings. The Morgan fingerprint density at radius 2 is 1.94 bits per heavy atom. The smallest absolute Gasteiger partial charge is 0.235 e. The normalized spacial score (nSPS) is 10.9. The number of nitrogens with one attached hydrogen (secondary N) is 1. The lowest BCUT2D eigenvalue weighted by molar-refractivity contribution is -0.113. The summed E-state index contributed by atoms with van der Waals surface area (Å²) < 4.78 is 3.52. The minimum Gasteiger partial charge on any atom is -0.310 e. The van der Waals surface area contributed by atoms with Gasteiger partial charge in [0.05, 0.1) is 18.5 Å². The van der Waals surface area contributed by atoms with Crippen LogP contribution in [-0.4, -0.2) is 36.2 Å². The van der Waals surface area contributed by atoms with E-state index in [9.17, 15) is 4.79 Å². The first-order chi connectivity index (χ1) is 15.0. The maximum Gasteiger partial charge on any atom is 0.235 e. The van der Waals surface area contributed by atoms with Crippen LogP contribution in [0.25, 0.3) is 5.69 Å². The molecule has 158 valence electrons. The molecule has 0 spiro atoms. The first-order valence-electron chi connectivity index (χ1n) is 9.35. The van der Waals surface area contributed by atoms with Crippen LogP contribution in [0.1, 0.15) is 11.1 Å². The van der Waals surface area contributed by atoms with Gasteiger partial charge in [-0.15, -0.1) is 10.2 Å². The van der Waals surface area contributed by atoms with Gasteiger partial charge in [0.25, 0.3) is 0 Å². The van der Waals surface area contributed by atoms with Gasteiger partial charge in [-0.05, 0) is 36.8 Å². The number of aryl methyl sites for hydroxylation is 1. The van der Waals surface area contributed by atoms with E-state index in [0.717, 1.165) is 11.3 Å². The molecule has 0 saturated carbocycles. The number of thioether (sulfide) groups is 1. The Bertz CT molecular complexity index is 1200. The van der Waals surface area contributed by atoms with Gasteiger partial charge < -0.3 is 5.32 Å². The van der Waals surface area contributed by atoms with Crippen molar-refractivity contribution in [2.24, 2.45) is 0 Å². The predicted molar refractivity (Wildman–Crippen MR) is 123 cm³/mol. The second-order valence-corrected chi connectivity index (χ2v) is 8.55. The van der Waals surface area contributed by atoms with Crippen molar-refractivity contribution in [1.29, 1.82) is 0 Å². The SMILES string of the molecule is Cc1ccc(-n2cnnc2SCC(=O)Nc2ccnn2Cc2ccc(Cl)cc2Cl)cc1. The minimum absolute atomic E-state index is 0.174. The molecule has 0 aliphatic carbocycles. The van der Waals surface area contributed by atoms with Crippen LogP contribution in [0.2, 0.25) is 10.0 Å². The molecule has 10 heteroatoms. The molecule has 4 aromatic rings. The number of carbonyl (C=O) groups is 1. The van der Waals surface area contributed by atoms with E-state index in [1.165, 1.54) is 17.3 Å². The molecule has 0 bridgehead atoms. The third-order valence-corrected chi connectivity index (χ3v) is 6.01. The van der Waals surface area contributed by atoms with Crippen molar-refractivity contribution in [3.8, 4) is 5.69 Å². The average molecular weight is 473 g/mol. The molecule has 31 heavy (non-hydrogen) atoms. The predicted octanol–water partition coefficient (Wildman–Crippen LogP) is 4.86. The Labute approximate surface area is 193 Å². The number of amides is 1. The molecule has 4 rings (SSSR count). The van der Waals surface area contributed by atoms with E-state index in [-0.39, 0.29) is 11.7 Å². The molecule has 0 atom stereocenters. The van der Waals surface area contributed by atoms with Gasteiger partial charge in [-0.2, -0.15) is 5.10 Å². The van der Waals surface area contributed by atoms with Gasteiger partial charge >= 0.3 is 0 Å². The van der Waals surface area contributed by atoms with Crippen LogP contribution in [0, 0.1) is 6.92 Å². The van der Waals surface area contributed by atoms with Crippen molar-refractivity contribution in [3.63, 3.8) is 0 Å². The summed E-state index contributed by atoms with van der Waals surface area (Å²) in [7, 11) is 0. The zero-order valence-electron chi connectivity index (χ0n) is 16.5. The molecular weight excluding hydrogens is 455 g/mol. The zero-order valence-corrected chi connectivity index (χ0v) is 18.8. The van der Waals surface area contributed by atoms with Gasteiger partial charge in [-0.3, -0.25) is 9.36 Å². The molecule has 2 heterocycles. The fraction of sp³-hybridized carbons (Fsp3) is 0.143. The summed E-state index contributed by atoms with van der Waals surface area (Å²) in [6.45, 7) is 2.44. The van der Waals surface area contributed by atoms with E-state index >= 15 is 0 Å². The highest BCUT2D eigenvalue weighted by molar-refractivity contribution is 7.99. The van der Waals surface area contributed by atoms with E-state index in [1.807, 2.05) is 41.8 Å². The van der Waals surface area contributed by atoms with E-state index in [2.05, 4.69) is 20.6 Å². The van der Waals surface area contributed by atoms with Gasteiger partial charge in [-0.1, -0.05) is 58.7 Å². The van der Waals surface area contributed by atoms with Gasteiger partial charge in [0.2, 0.25) is 5.91 Å². The summed E-state index contributed by atoms with van der Waals surface area (Å²) in [4.78, 5) is 12.5. The lowest BCUT2D eigenvalue weighted by atomic mass is 10.2. The van der Waals surface area contributed by atoms with Crippen LogP contribution in [-0.2, 0) is 11.3 Å². The molecule has 7 nitrogen and oxygen atoms in total. The van der Waals surface area contributed by atoms with Gasteiger partial charge in [0.15, 0.2) is 5.16 Å². The highest BCUT2D eigenvalue weighted by Crippen LogP contribution is 2.23. The number of anilines is 1. The molecule has 0 unspecified atom stereocenters. The van der Waals surface area contributed by atoms with Gasteiger partial charge in [0.1, 0.15) is 12.1 Å². The number of hydrogen-bond acceptors (Lipinski definition) is 5. The number of rotatable bonds is 7. The Hall–Kier alpha value is -2.81. The quantitative estimate of drug-likeness (QED) is 0.388. The largest absolute Gasteiger partial charge is 0.310 e. The van der Waals surface area contributed by atoms with Crippen molar-refractivity contribution < 1.29 is 4.79 Å². The van der Waals surface area contributed by atoms with Crippen molar-refractivity contribution in [1.82, 2.24) is 24.5 Å². The fourth-order valence-electron chi connectivity index (χ4n) is 2.89. The Kier molecular flexibility index (Phi) is 6.60. The number of nitrogens with zero attached hydrogens (tertiary/aromatic N) is 5.